The highest BCUT2D eigenvalue weighted by molar-refractivity contribution is 5.93. The van der Waals surface area contributed by atoms with Gasteiger partial charge in [-0.2, -0.15) is 0 Å². The molecule has 21 heavy (non-hydrogen) atoms. The molecule has 1 aromatic heterocycles. The third-order valence-corrected chi connectivity index (χ3v) is 4.22. The Kier molecular flexibility index (Phi) is 3.07. The number of pyridine rings is 1. The molecule has 0 saturated heterocycles. The molecular formula is C19H18N2. The highest BCUT2D eigenvalue weighted by Gasteiger charge is 2.25. The topological polar surface area (TPSA) is 24.9 Å². The molecule has 0 atom stereocenters. The summed E-state index contributed by atoms with van der Waals surface area (Å²) in [6.07, 6.45) is 6.46. The van der Waals surface area contributed by atoms with E-state index in [0.29, 0.717) is 0 Å². The molecule has 0 unspecified atom stereocenters. The van der Waals surface area contributed by atoms with Crippen molar-refractivity contribution in [2.45, 2.75) is 25.3 Å². The number of rotatable bonds is 4. The fraction of sp³-hybridized carbons (Fsp3) is 0.211. The van der Waals surface area contributed by atoms with E-state index in [2.05, 4.69) is 58.8 Å². The van der Waals surface area contributed by atoms with E-state index in [1.54, 1.807) is 0 Å². The van der Waals surface area contributed by atoms with Crippen molar-refractivity contribution < 1.29 is 0 Å². The van der Waals surface area contributed by atoms with E-state index < -0.39 is 0 Å². The van der Waals surface area contributed by atoms with Crippen LogP contribution in [0.4, 0.5) is 5.69 Å². The largest absolute Gasteiger partial charge is 0.380 e. The van der Waals surface area contributed by atoms with Crippen LogP contribution in [-0.2, 0) is 6.54 Å². The van der Waals surface area contributed by atoms with Crippen LogP contribution >= 0.6 is 0 Å². The van der Waals surface area contributed by atoms with Gasteiger partial charge in [-0.3, -0.25) is 4.98 Å². The fourth-order valence-electron chi connectivity index (χ4n) is 2.95. The lowest BCUT2D eigenvalue weighted by molar-refractivity contribution is 1.04. The zero-order valence-electron chi connectivity index (χ0n) is 11.9. The number of benzene rings is 2. The summed E-state index contributed by atoms with van der Waals surface area (Å²) in [6.45, 7) is 0.883. The first kappa shape index (κ1) is 12.4. The molecule has 4 rings (SSSR count). The SMILES string of the molecule is c1ccc(C2CC2)c(CNc2cccc3cnccc23)c1. The van der Waals surface area contributed by atoms with Gasteiger partial charge >= 0.3 is 0 Å². The molecule has 1 N–H and O–H groups in total. The Labute approximate surface area is 124 Å². The summed E-state index contributed by atoms with van der Waals surface area (Å²) in [4.78, 5) is 4.19. The van der Waals surface area contributed by atoms with Gasteiger partial charge in [-0.05, 0) is 42.0 Å². The van der Waals surface area contributed by atoms with Crippen molar-refractivity contribution in [3.8, 4) is 0 Å². The standard InChI is InChI=1S/C19H18N2/c1-2-6-17(14-8-9-14)16(4-1)13-21-19-7-3-5-15-12-20-11-10-18(15)19/h1-7,10-12,14,21H,8-9,13H2. The molecule has 1 saturated carbocycles. The van der Waals surface area contributed by atoms with E-state index in [-0.39, 0.29) is 0 Å². The first-order chi connectivity index (χ1) is 10.4. The number of nitrogens with one attached hydrogen (secondary N) is 1. The van der Waals surface area contributed by atoms with Gasteiger partial charge in [0.05, 0.1) is 0 Å². The van der Waals surface area contributed by atoms with Crippen LogP contribution in [0, 0.1) is 0 Å². The van der Waals surface area contributed by atoms with Gasteiger partial charge in [0.1, 0.15) is 0 Å². The Morgan fingerprint density at radius 2 is 1.90 bits per heavy atom. The molecular weight excluding hydrogens is 256 g/mol. The van der Waals surface area contributed by atoms with Crippen LogP contribution in [0.1, 0.15) is 29.9 Å². The molecule has 0 amide bonds. The van der Waals surface area contributed by atoms with E-state index >= 15 is 0 Å². The Hall–Kier alpha value is -2.35. The van der Waals surface area contributed by atoms with Gasteiger partial charge in [0.15, 0.2) is 0 Å². The summed E-state index contributed by atoms with van der Waals surface area (Å²) < 4.78 is 0. The molecule has 1 aliphatic carbocycles. The average molecular weight is 274 g/mol. The van der Waals surface area contributed by atoms with E-state index in [0.717, 1.165) is 12.5 Å². The second-order valence-corrected chi connectivity index (χ2v) is 5.73. The van der Waals surface area contributed by atoms with E-state index in [1.165, 1.54) is 40.4 Å². The number of aromatic nitrogens is 1. The van der Waals surface area contributed by atoms with Crippen LogP contribution < -0.4 is 5.32 Å². The molecule has 0 aliphatic heterocycles. The number of hydrogen-bond acceptors (Lipinski definition) is 2. The summed E-state index contributed by atoms with van der Waals surface area (Å²) in [5.74, 6) is 0.791. The lowest BCUT2D eigenvalue weighted by Gasteiger charge is -2.12. The summed E-state index contributed by atoms with van der Waals surface area (Å²) in [7, 11) is 0. The molecule has 0 bridgehead atoms. The van der Waals surface area contributed by atoms with Gasteiger partial charge in [0.2, 0.25) is 0 Å². The summed E-state index contributed by atoms with van der Waals surface area (Å²) >= 11 is 0. The molecule has 2 heteroatoms. The second-order valence-electron chi connectivity index (χ2n) is 5.73. The van der Waals surface area contributed by atoms with Crippen molar-refractivity contribution in [1.82, 2.24) is 4.98 Å². The normalized spacial score (nSPS) is 14.3. The van der Waals surface area contributed by atoms with Crippen LogP contribution in [0.3, 0.4) is 0 Å². The molecule has 104 valence electrons. The van der Waals surface area contributed by atoms with Crippen LogP contribution in [-0.4, -0.2) is 4.98 Å². The maximum Gasteiger partial charge on any atom is 0.0423 e. The molecule has 0 spiro atoms. The minimum Gasteiger partial charge on any atom is -0.380 e. The third-order valence-electron chi connectivity index (χ3n) is 4.22. The number of hydrogen-bond donors (Lipinski definition) is 1. The Balaban J connectivity index is 1.61. The maximum absolute atomic E-state index is 4.19. The van der Waals surface area contributed by atoms with Gasteiger partial charge in [0.25, 0.3) is 0 Å². The van der Waals surface area contributed by atoms with Crippen LogP contribution in [0.25, 0.3) is 10.8 Å². The Bertz CT molecular complexity index is 770. The predicted octanol–water partition coefficient (Wildman–Crippen LogP) is 4.72. The molecule has 2 aromatic carbocycles. The lowest BCUT2D eigenvalue weighted by atomic mass is 10.0. The quantitative estimate of drug-likeness (QED) is 0.744. The van der Waals surface area contributed by atoms with E-state index in [4.69, 9.17) is 0 Å². The fourth-order valence-corrected chi connectivity index (χ4v) is 2.95. The second kappa shape index (κ2) is 5.21. The maximum atomic E-state index is 4.19. The van der Waals surface area contributed by atoms with Gasteiger partial charge in [-0.25, -0.2) is 0 Å². The molecule has 1 heterocycles. The minimum atomic E-state index is 0.791. The van der Waals surface area contributed by atoms with Crippen molar-refractivity contribution in [2.75, 3.05) is 5.32 Å². The highest BCUT2D eigenvalue weighted by Crippen LogP contribution is 2.41. The third kappa shape index (κ3) is 2.49. The van der Waals surface area contributed by atoms with Crippen molar-refractivity contribution in [2.24, 2.45) is 0 Å². The smallest absolute Gasteiger partial charge is 0.0423 e. The van der Waals surface area contributed by atoms with E-state index in [1.807, 2.05) is 12.4 Å². The number of nitrogens with zero attached hydrogens (tertiary/aromatic N) is 1. The van der Waals surface area contributed by atoms with E-state index in [9.17, 15) is 0 Å². The minimum absolute atomic E-state index is 0.791. The molecule has 3 aromatic rings. The zero-order chi connectivity index (χ0) is 14.1. The molecule has 1 fully saturated rings. The lowest BCUT2D eigenvalue weighted by Crippen LogP contribution is -2.02. The first-order valence-corrected chi connectivity index (χ1v) is 7.56. The average Bonchev–Trinajstić information content (AvgIpc) is 3.38. The Morgan fingerprint density at radius 1 is 1.00 bits per heavy atom. The predicted molar refractivity (Wildman–Crippen MR) is 87.5 cm³/mol. The molecule has 0 radical (unpaired) electrons. The van der Waals surface area contributed by atoms with Gasteiger partial charge < -0.3 is 5.32 Å². The van der Waals surface area contributed by atoms with Crippen LogP contribution in [0.2, 0.25) is 0 Å². The van der Waals surface area contributed by atoms with Crippen LogP contribution in [0.5, 0.6) is 0 Å². The van der Waals surface area contributed by atoms with Gasteiger partial charge in [0, 0.05) is 35.4 Å². The monoisotopic (exact) mass is 274 g/mol. The summed E-state index contributed by atoms with van der Waals surface area (Å²) in [5.41, 5.74) is 4.12. The summed E-state index contributed by atoms with van der Waals surface area (Å²) in [6, 6.07) is 17.2. The summed E-state index contributed by atoms with van der Waals surface area (Å²) in [5, 5.41) is 6.01. The number of fused-ring (bicyclic) bond motifs is 1. The first-order valence-electron chi connectivity index (χ1n) is 7.56. The van der Waals surface area contributed by atoms with Crippen molar-refractivity contribution in [3.63, 3.8) is 0 Å². The van der Waals surface area contributed by atoms with Crippen molar-refractivity contribution in [1.29, 1.82) is 0 Å². The number of anilines is 1. The Morgan fingerprint density at radius 3 is 2.81 bits per heavy atom. The highest BCUT2D eigenvalue weighted by atomic mass is 14.9. The van der Waals surface area contributed by atoms with Crippen molar-refractivity contribution >= 4 is 16.5 Å². The van der Waals surface area contributed by atoms with Crippen LogP contribution in [0.15, 0.2) is 60.9 Å². The van der Waals surface area contributed by atoms with Gasteiger partial charge in [-0.1, -0.05) is 36.4 Å². The zero-order valence-corrected chi connectivity index (χ0v) is 11.9. The van der Waals surface area contributed by atoms with Crippen molar-refractivity contribution in [3.05, 3.63) is 72.1 Å². The molecule has 2 nitrogen and oxygen atoms in total. The van der Waals surface area contributed by atoms with Gasteiger partial charge in [-0.15, -0.1) is 0 Å². The molecule has 1 aliphatic rings.